The summed E-state index contributed by atoms with van der Waals surface area (Å²) in [6, 6.07) is 8.66. The number of aromatic hydroxyl groups is 1. The molecule has 2 aromatic rings. The Morgan fingerprint density at radius 3 is 2.43 bits per heavy atom. The van der Waals surface area contributed by atoms with Crippen molar-refractivity contribution >= 4 is 29.1 Å². The fraction of sp³-hybridized carbons (Fsp3) is 0.125. The van der Waals surface area contributed by atoms with Gasteiger partial charge in [0.05, 0.1) is 5.69 Å². The topological polar surface area (TPSA) is 78.4 Å². The smallest absolute Gasteiger partial charge is 0.251 e. The molecular weight excluding hydrogens is 323 g/mol. The van der Waals surface area contributed by atoms with E-state index in [2.05, 4.69) is 10.6 Å². The van der Waals surface area contributed by atoms with Crippen LogP contribution in [0.5, 0.6) is 5.75 Å². The van der Waals surface area contributed by atoms with Gasteiger partial charge in [-0.15, -0.1) is 0 Å². The molecule has 0 unspecified atom stereocenters. The highest BCUT2D eigenvalue weighted by Gasteiger charge is 2.18. The number of hydrogen-bond donors (Lipinski definition) is 3. The van der Waals surface area contributed by atoms with Gasteiger partial charge in [-0.2, -0.15) is 0 Å². The molecule has 0 aliphatic rings. The Bertz CT molecular complexity index is 735. The Morgan fingerprint density at radius 2 is 1.83 bits per heavy atom. The Kier molecular flexibility index (Phi) is 5.18. The summed E-state index contributed by atoms with van der Waals surface area (Å²) in [7, 11) is 0. The van der Waals surface area contributed by atoms with E-state index in [1.54, 1.807) is 12.1 Å². The minimum Gasteiger partial charge on any atom is -0.508 e. The van der Waals surface area contributed by atoms with E-state index in [4.69, 9.17) is 16.7 Å². The normalized spacial score (nSPS) is 11.6. The number of carbonyl (C=O) groups excluding carboxylic acids is 2. The van der Waals surface area contributed by atoms with Crippen molar-refractivity contribution in [1.29, 1.82) is 0 Å². The monoisotopic (exact) mass is 336 g/mol. The van der Waals surface area contributed by atoms with Crippen LogP contribution < -0.4 is 10.6 Å². The quantitative estimate of drug-likeness (QED) is 0.751. The van der Waals surface area contributed by atoms with Crippen molar-refractivity contribution in [1.82, 2.24) is 5.32 Å². The lowest BCUT2D eigenvalue weighted by Crippen LogP contribution is -2.41. The second kappa shape index (κ2) is 7.11. The van der Waals surface area contributed by atoms with Crippen molar-refractivity contribution in [3.05, 3.63) is 58.9 Å². The first kappa shape index (κ1) is 16.8. The maximum atomic E-state index is 13.6. The maximum absolute atomic E-state index is 13.6. The van der Waals surface area contributed by atoms with Crippen LogP contribution in [0.15, 0.2) is 42.5 Å². The van der Waals surface area contributed by atoms with Gasteiger partial charge < -0.3 is 15.7 Å². The molecule has 0 aromatic heterocycles. The lowest BCUT2D eigenvalue weighted by atomic mass is 10.2. The van der Waals surface area contributed by atoms with Gasteiger partial charge in [0.2, 0.25) is 5.91 Å². The molecule has 0 bridgehead atoms. The van der Waals surface area contributed by atoms with Crippen LogP contribution in [-0.2, 0) is 4.79 Å². The Morgan fingerprint density at radius 1 is 1.17 bits per heavy atom. The first-order valence-corrected chi connectivity index (χ1v) is 7.10. The molecule has 0 aliphatic heterocycles. The summed E-state index contributed by atoms with van der Waals surface area (Å²) in [4.78, 5) is 24.0. The van der Waals surface area contributed by atoms with Gasteiger partial charge in [0.1, 0.15) is 17.6 Å². The third-order valence-corrected chi connectivity index (χ3v) is 3.31. The van der Waals surface area contributed by atoms with Crippen LogP contribution in [0.2, 0.25) is 5.02 Å². The van der Waals surface area contributed by atoms with Gasteiger partial charge in [-0.05, 0) is 43.3 Å². The molecular formula is C16H14ClFN2O3. The summed E-state index contributed by atoms with van der Waals surface area (Å²) in [5.74, 6) is -2.05. The largest absolute Gasteiger partial charge is 0.508 e. The summed E-state index contributed by atoms with van der Waals surface area (Å²) >= 11 is 5.74. The molecule has 3 N–H and O–H groups in total. The minimum atomic E-state index is -0.883. The Balaban J connectivity index is 1.99. The average Bonchev–Trinajstić information content (AvgIpc) is 2.50. The molecule has 0 radical (unpaired) electrons. The average molecular weight is 337 g/mol. The van der Waals surface area contributed by atoms with Gasteiger partial charge in [-0.3, -0.25) is 9.59 Å². The van der Waals surface area contributed by atoms with E-state index < -0.39 is 23.7 Å². The van der Waals surface area contributed by atoms with Crippen molar-refractivity contribution in [2.45, 2.75) is 13.0 Å². The van der Waals surface area contributed by atoms with Gasteiger partial charge in [0.25, 0.3) is 5.91 Å². The summed E-state index contributed by atoms with van der Waals surface area (Å²) in [6.45, 7) is 1.47. The van der Waals surface area contributed by atoms with E-state index in [0.29, 0.717) is 10.6 Å². The van der Waals surface area contributed by atoms with Crippen LogP contribution >= 0.6 is 11.6 Å². The zero-order valence-electron chi connectivity index (χ0n) is 12.1. The molecule has 5 nitrogen and oxygen atoms in total. The molecule has 1 atom stereocenters. The number of halogens is 2. The van der Waals surface area contributed by atoms with E-state index in [0.717, 1.165) is 6.07 Å². The minimum absolute atomic E-state index is 0.0830. The predicted octanol–water partition coefficient (Wildman–Crippen LogP) is 2.94. The summed E-state index contributed by atoms with van der Waals surface area (Å²) in [5.41, 5.74) is 0.269. The summed E-state index contributed by atoms with van der Waals surface area (Å²) < 4.78 is 13.6. The van der Waals surface area contributed by atoms with E-state index in [1.807, 2.05) is 0 Å². The molecule has 0 saturated carbocycles. The number of phenolic OH excluding ortho intramolecular Hbond substituents is 1. The SMILES string of the molecule is C[C@@H](NC(=O)c1ccc(Cl)cc1)C(=O)Nc1ccc(O)cc1F. The fourth-order valence-corrected chi connectivity index (χ4v) is 1.92. The van der Waals surface area contributed by atoms with Crippen LogP contribution in [0.4, 0.5) is 10.1 Å². The fourth-order valence-electron chi connectivity index (χ4n) is 1.79. The molecule has 0 saturated heterocycles. The van der Waals surface area contributed by atoms with E-state index in [-0.39, 0.29) is 11.4 Å². The number of anilines is 1. The van der Waals surface area contributed by atoms with Crippen LogP contribution in [-0.4, -0.2) is 23.0 Å². The molecule has 23 heavy (non-hydrogen) atoms. The second-order valence-corrected chi connectivity index (χ2v) is 5.29. The Labute approximate surface area is 137 Å². The molecule has 0 spiro atoms. The van der Waals surface area contributed by atoms with E-state index in [9.17, 15) is 14.0 Å². The zero-order valence-corrected chi connectivity index (χ0v) is 12.9. The highest BCUT2D eigenvalue weighted by atomic mass is 35.5. The van der Waals surface area contributed by atoms with Gasteiger partial charge in [0.15, 0.2) is 0 Å². The zero-order chi connectivity index (χ0) is 17.0. The van der Waals surface area contributed by atoms with Crippen LogP contribution in [0.25, 0.3) is 0 Å². The van der Waals surface area contributed by atoms with Gasteiger partial charge in [-0.25, -0.2) is 4.39 Å². The standard InChI is InChI=1S/C16H14ClFN2O3/c1-9(19-16(23)10-2-4-11(17)5-3-10)15(22)20-14-7-6-12(21)8-13(14)18/h2-9,21H,1H3,(H,19,23)(H,20,22)/t9-/m1/s1. The molecule has 0 aliphatic carbocycles. The lowest BCUT2D eigenvalue weighted by molar-refractivity contribution is -0.117. The van der Waals surface area contributed by atoms with Crippen molar-refractivity contribution in [2.75, 3.05) is 5.32 Å². The molecule has 0 fully saturated rings. The molecule has 2 rings (SSSR count). The van der Waals surface area contributed by atoms with Crippen LogP contribution in [0.1, 0.15) is 17.3 Å². The molecule has 2 amide bonds. The van der Waals surface area contributed by atoms with Crippen molar-refractivity contribution in [3.63, 3.8) is 0 Å². The summed E-state index contributed by atoms with van der Waals surface area (Å²) in [6.07, 6.45) is 0. The molecule has 2 aromatic carbocycles. The molecule has 120 valence electrons. The predicted molar refractivity (Wildman–Crippen MR) is 85.1 cm³/mol. The second-order valence-electron chi connectivity index (χ2n) is 4.86. The summed E-state index contributed by atoms with van der Waals surface area (Å²) in [5, 5.41) is 14.5. The van der Waals surface area contributed by atoms with Gasteiger partial charge in [-0.1, -0.05) is 11.6 Å². The number of carbonyl (C=O) groups is 2. The number of rotatable bonds is 4. The van der Waals surface area contributed by atoms with Crippen molar-refractivity contribution < 1.29 is 19.1 Å². The highest BCUT2D eigenvalue weighted by molar-refractivity contribution is 6.30. The third-order valence-electron chi connectivity index (χ3n) is 3.06. The highest BCUT2D eigenvalue weighted by Crippen LogP contribution is 2.19. The van der Waals surface area contributed by atoms with Crippen LogP contribution in [0, 0.1) is 5.82 Å². The number of nitrogens with one attached hydrogen (secondary N) is 2. The number of hydrogen-bond acceptors (Lipinski definition) is 3. The first-order valence-electron chi connectivity index (χ1n) is 6.72. The number of benzene rings is 2. The Hall–Kier alpha value is -2.60. The third kappa shape index (κ3) is 4.43. The van der Waals surface area contributed by atoms with Crippen molar-refractivity contribution in [3.8, 4) is 5.75 Å². The lowest BCUT2D eigenvalue weighted by Gasteiger charge is -2.14. The van der Waals surface area contributed by atoms with Crippen molar-refractivity contribution in [2.24, 2.45) is 0 Å². The number of amides is 2. The number of phenols is 1. The van der Waals surface area contributed by atoms with Crippen LogP contribution in [0.3, 0.4) is 0 Å². The first-order chi connectivity index (χ1) is 10.9. The van der Waals surface area contributed by atoms with E-state index >= 15 is 0 Å². The molecule has 7 heteroatoms. The van der Waals surface area contributed by atoms with E-state index in [1.165, 1.54) is 31.2 Å². The van der Waals surface area contributed by atoms with Gasteiger partial charge >= 0.3 is 0 Å². The molecule has 0 heterocycles. The maximum Gasteiger partial charge on any atom is 0.251 e. The van der Waals surface area contributed by atoms with Gasteiger partial charge in [0, 0.05) is 16.7 Å².